The largest absolute Gasteiger partial charge is 0.379 e. The van der Waals surface area contributed by atoms with Crippen molar-refractivity contribution in [1.82, 2.24) is 9.88 Å². The number of aromatic nitrogens is 1. The number of hydrogen-bond donors (Lipinski definition) is 2. The number of ether oxygens (including phenoxy) is 1. The van der Waals surface area contributed by atoms with Crippen LogP contribution in [0.2, 0.25) is 0 Å². The molecule has 0 aliphatic carbocycles. The maximum absolute atomic E-state index is 13.7. The Kier molecular flexibility index (Phi) is 4.31. The fourth-order valence-corrected chi connectivity index (χ4v) is 3.59. The first kappa shape index (κ1) is 17.5. The van der Waals surface area contributed by atoms with E-state index in [0.717, 1.165) is 17.7 Å². The lowest BCUT2D eigenvalue weighted by molar-refractivity contribution is -0.110. The molecule has 2 aliphatic heterocycles. The van der Waals surface area contributed by atoms with Crippen LogP contribution in [0.15, 0.2) is 24.3 Å². The summed E-state index contributed by atoms with van der Waals surface area (Å²) in [4.78, 5) is 25.2. The van der Waals surface area contributed by atoms with Gasteiger partial charge in [-0.25, -0.2) is 9.18 Å². The van der Waals surface area contributed by atoms with E-state index in [1.807, 2.05) is 19.9 Å². The van der Waals surface area contributed by atoms with Gasteiger partial charge in [0, 0.05) is 23.6 Å². The van der Waals surface area contributed by atoms with Gasteiger partial charge in [0.15, 0.2) is 0 Å². The van der Waals surface area contributed by atoms with Gasteiger partial charge in [-0.05, 0) is 56.2 Å². The summed E-state index contributed by atoms with van der Waals surface area (Å²) in [5, 5.41) is 5.69. The molecule has 140 valence electrons. The molecule has 0 bridgehead atoms. The van der Waals surface area contributed by atoms with E-state index < -0.39 is 5.82 Å². The normalized spacial score (nSPS) is 20.0. The Morgan fingerprint density at radius 3 is 2.93 bits per heavy atom. The number of rotatable bonds is 2. The van der Waals surface area contributed by atoms with Gasteiger partial charge in [-0.1, -0.05) is 0 Å². The van der Waals surface area contributed by atoms with Crippen LogP contribution in [-0.2, 0) is 9.53 Å². The fraction of sp³-hybridized carbons (Fsp3) is 0.300. The van der Waals surface area contributed by atoms with Crippen LogP contribution >= 0.6 is 0 Å². The third kappa shape index (κ3) is 3.14. The Bertz CT molecular complexity index is 971. The van der Waals surface area contributed by atoms with Crippen LogP contribution in [0, 0.1) is 19.7 Å². The standard InChI is InChI=1S/C20H20FN3O3/c1-11-7-12(2)24(20(26)22-14-5-6-27-10-14)18(11)9-16-15-8-13(21)3-4-17(15)23-19(16)25/h3-4,7-9,14H,5-6,10H2,1-2H3,(H,22,26)(H,23,25)/t14-/m1/s1. The molecule has 1 saturated heterocycles. The summed E-state index contributed by atoms with van der Waals surface area (Å²) in [6, 6.07) is 5.76. The molecule has 27 heavy (non-hydrogen) atoms. The van der Waals surface area contributed by atoms with Crippen LogP contribution in [0.25, 0.3) is 11.6 Å². The number of benzene rings is 1. The highest BCUT2D eigenvalue weighted by Crippen LogP contribution is 2.34. The average molecular weight is 369 g/mol. The molecule has 1 aromatic carbocycles. The summed E-state index contributed by atoms with van der Waals surface area (Å²) < 4.78 is 20.5. The van der Waals surface area contributed by atoms with Gasteiger partial charge in [0.1, 0.15) is 5.82 Å². The van der Waals surface area contributed by atoms with E-state index >= 15 is 0 Å². The Morgan fingerprint density at radius 2 is 2.19 bits per heavy atom. The molecular formula is C20H20FN3O3. The summed E-state index contributed by atoms with van der Waals surface area (Å²) in [5.74, 6) is -0.733. The minimum absolute atomic E-state index is 0.0234. The molecular weight excluding hydrogens is 349 g/mol. The van der Waals surface area contributed by atoms with Crippen molar-refractivity contribution in [1.29, 1.82) is 0 Å². The Hall–Kier alpha value is -2.93. The molecule has 1 fully saturated rings. The topological polar surface area (TPSA) is 72.4 Å². The van der Waals surface area contributed by atoms with E-state index in [2.05, 4.69) is 10.6 Å². The van der Waals surface area contributed by atoms with E-state index in [-0.39, 0.29) is 18.0 Å². The zero-order chi connectivity index (χ0) is 19.1. The molecule has 1 atom stereocenters. The molecule has 0 radical (unpaired) electrons. The van der Waals surface area contributed by atoms with E-state index in [0.29, 0.717) is 35.7 Å². The van der Waals surface area contributed by atoms with Gasteiger partial charge in [-0.3, -0.25) is 9.36 Å². The Morgan fingerprint density at radius 1 is 1.37 bits per heavy atom. The number of halogens is 1. The number of amides is 2. The summed E-state index contributed by atoms with van der Waals surface area (Å²) >= 11 is 0. The van der Waals surface area contributed by atoms with Crippen LogP contribution < -0.4 is 10.6 Å². The second-order valence-electron chi connectivity index (χ2n) is 6.90. The van der Waals surface area contributed by atoms with Crippen molar-refractivity contribution in [3.8, 4) is 0 Å². The molecule has 0 saturated carbocycles. The van der Waals surface area contributed by atoms with E-state index in [4.69, 9.17) is 4.74 Å². The molecule has 2 amide bonds. The minimum atomic E-state index is -0.418. The molecule has 0 spiro atoms. The highest BCUT2D eigenvalue weighted by Gasteiger charge is 2.27. The molecule has 3 heterocycles. The molecule has 2 aliphatic rings. The van der Waals surface area contributed by atoms with Crippen LogP contribution in [0.5, 0.6) is 0 Å². The minimum Gasteiger partial charge on any atom is -0.379 e. The maximum atomic E-state index is 13.7. The zero-order valence-electron chi connectivity index (χ0n) is 15.1. The van der Waals surface area contributed by atoms with Crippen molar-refractivity contribution < 1.29 is 18.7 Å². The SMILES string of the molecule is Cc1cc(C)n(C(=O)N[C@@H]2CCOC2)c1C=C1C(=O)Nc2ccc(F)cc21. The first-order valence-corrected chi connectivity index (χ1v) is 8.84. The van der Waals surface area contributed by atoms with Gasteiger partial charge >= 0.3 is 6.03 Å². The van der Waals surface area contributed by atoms with E-state index in [9.17, 15) is 14.0 Å². The number of anilines is 1. The number of fused-ring (bicyclic) bond motifs is 1. The Balaban J connectivity index is 1.75. The maximum Gasteiger partial charge on any atom is 0.326 e. The number of hydrogen-bond acceptors (Lipinski definition) is 3. The molecule has 1 aromatic heterocycles. The first-order chi connectivity index (χ1) is 12.9. The lowest BCUT2D eigenvalue weighted by Gasteiger charge is -2.14. The first-order valence-electron chi connectivity index (χ1n) is 8.84. The number of aryl methyl sites for hydroxylation is 2. The van der Waals surface area contributed by atoms with Crippen LogP contribution in [0.3, 0.4) is 0 Å². The average Bonchev–Trinajstić information content (AvgIpc) is 3.28. The van der Waals surface area contributed by atoms with Crippen LogP contribution in [0.1, 0.15) is 28.9 Å². The quantitative estimate of drug-likeness (QED) is 0.799. The Labute approximate surface area is 156 Å². The molecule has 7 heteroatoms. The third-order valence-corrected chi connectivity index (χ3v) is 4.93. The third-order valence-electron chi connectivity index (χ3n) is 4.93. The summed E-state index contributed by atoms with van der Waals surface area (Å²) in [6.45, 7) is 4.84. The molecule has 6 nitrogen and oxygen atoms in total. The fourth-order valence-electron chi connectivity index (χ4n) is 3.59. The highest BCUT2D eigenvalue weighted by atomic mass is 19.1. The van der Waals surface area contributed by atoms with Gasteiger partial charge in [0.25, 0.3) is 5.91 Å². The van der Waals surface area contributed by atoms with Crippen LogP contribution in [-0.4, -0.2) is 35.8 Å². The predicted octanol–water partition coefficient (Wildman–Crippen LogP) is 3.08. The number of carbonyl (C=O) groups is 2. The van der Waals surface area contributed by atoms with Gasteiger partial charge < -0.3 is 15.4 Å². The highest BCUT2D eigenvalue weighted by molar-refractivity contribution is 6.35. The summed E-state index contributed by atoms with van der Waals surface area (Å²) in [5.41, 5.74) is 3.61. The van der Waals surface area contributed by atoms with E-state index in [1.165, 1.54) is 18.2 Å². The van der Waals surface area contributed by atoms with Crippen molar-refractivity contribution in [2.45, 2.75) is 26.3 Å². The number of nitrogens with zero attached hydrogens (tertiary/aromatic N) is 1. The van der Waals surface area contributed by atoms with Gasteiger partial charge in [0.2, 0.25) is 0 Å². The number of nitrogens with one attached hydrogen (secondary N) is 2. The van der Waals surface area contributed by atoms with E-state index in [1.54, 1.807) is 10.6 Å². The van der Waals surface area contributed by atoms with Gasteiger partial charge in [-0.2, -0.15) is 0 Å². The van der Waals surface area contributed by atoms with Crippen molar-refractivity contribution in [2.24, 2.45) is 0 Å². The van der Waals surface area contributed by atoms with Gasteiger partial charge in [-0.15, -0.1) is 0 Å². The molecule has 2 aromatic rings. The van der Waals surface area contributed by atoms with Gasteiger partial charge in [0.05, 0.1) is 23.9 Å². The number of carbonyl (C=O) groups excluding carboxylic acids is 2. The molecule has 2 N–H and O–H groups in total. The lowest BCUT2D eigenvalue weighted by Crippen LogP contribution is -2.38. The smallest absolute Gasteiger partial charge is 0.326 e. The summed E-state index contributed by atoms with van der Waals surface area (Å²) in [7, 11) is 0. The van der Waals surface area contributed by atoms with Crippen LogP contribution in [0.4, 0.5) is 14.9 Å². The predicted molar refractivity (Wildman–Crippen MR) is 100.0 cm³/mol. The second-order valence-corrected chi connectivity index (χ2v) is 6.90. The zero-order valence-corrected chi connectivity index (χ0v) is 15.1. The lowest BCUT2D eigenvalue weighted by atomic mass is 10.0. The second kappa shape index (κ2) is 6.66. The van der Waals surface area contributed by atoms with Crippen molar-refractivity contribution in [3.05, 3.63) is 52.6 Å². The van der Waals surface area contributed by atoms with Crippen molar-refractivity contribution >= 4 is 29.3 Å². The molecule has 4 rings (SSSR count). The van der Waals surface area contributed by atoms with Crippen molar-refractivity contribution in [3.63, 3.8) is 0 Å². The summed E-state index contributed by atoms with van der Waals surface area (Å²) in [6.07, 6.45) is 2.42. The monoisotopic (exact) mass is 369 g/mol. The molecule has 0 unspecified atom stereocenters. The van der Waals surface area contributed by atoms with Crippen molar-refractivity contribution in [2.75, 3.05) is 18.5 Å².